The molecule has 0 saturated carbocycles. The summed E-state index contributed by atoms with van der Waals surface area (Å²) in [5, 5.41) is 2.18. The first kappa shape index (κ1) is 8.72. The molecular formula is C5H10ClNO2. The molecule has 0 heterocycles. The highest BCUT2D eigenvalue weighted by molar-refractivity contribution is 6.30. The molecule has 54 valence electrons. The number of nitrogens with one attached hydrogen (secondary N) is 1. The number of hydrogen-bond donors (Lipinski definition) is 1. The van der Waals surface area contributed by atoms with Crippen LogP contribution < -0.4 is 5.32 Å². The minimum atomic E-state index is -0.569. The molecule has 9 heavy (non-hydrogen) atoms. The third kappa shape index (κ3) is 3.32. The Morgan fingerprint density at radius 3 is 2.78 bits per heavy atom. The summed E-state index contributed by atoms with van der Waals surface area (Å²) in [6, 6.07) is 0. The molecule has 1 N–H and O–H groups in total. The van der Waals surface area contributed by atoms with Crippen LogP contribution in [0.1, 0.15) is 0 Å². The zero-order chi connectivity index (χ0) is 7.28. The van der Waals surface area contributed by atoms with Crippen molar-refractivity contribution in [3.05, 3.63) is 0 Å². The zero-order valence-corrected chi connectivity index (χ0v) is 6.23. The summed E-state index contributed by atoms with van der Waals surface area (Å²) in [6.07, 6.45) is 0. The van der Waals surface area contributed by atoms with Crippen LogP contribution in [0.5, 0.6) is 0 Å². The lowest BCUT2D eigenvalue weighted by Crippen LogP contribution is -2.27. The van der Waals surface area contributed by atoms with E-state index in [1.807, 2.05) is 0 Å². The van der Waals surface area contributed by atoms with E-state index in [0.29, 0.717) is 6.54 Å². The van der Waals surface area contributed by atoms with E-state index in [9.17, 15) is 4.79 Å². The SMILES string of the molecule is CNCC(Cl)C(=O)OC. The van der Waals surface area contributed by atoms with E-state index in [0.717, 1.165) is 0 Å². The topological polar surface area (TPSA) is 38.3 Å². The molecule has 0 radical (unpaired) electrons. The normalized spacial score (nSPS) is 12.8. The first-order chi connectivity index (χ1) is 4.22. The highest BCUT2D eigenvalue weighted by atomic mass is 35.5. The van der Waals surface area contributed by atoms with E-state index in [1.165, 1.54) is 7.11 Å². The molecule has 0 aliphatic rings. The van der Waals surface area contributed by atoms with Crippen LogP contribution in [0.15, 0.2) is 0 Å². The third-order valence-electron chi connectivity index (χ3n) is 0.840. The molecule has 0 spiro atoms. The Bertz CT molecular complexity index is 97.0. The van der Waals surface area contributed by atoms with Crippen molar-refractivity contribution in [2.75, 3.05) is 20.7 Å². The van der Waals surface area contributed by atoms with Crippen molar-refractivity contribution in [1.82, 2.24) is 5.32 Å². The molecule has 1 atom stereocenters. The summed E-state index contributed by atoms with van der Waals surface area (Å²) in [5.41, 5.74) is 0. The number of carbonyl (C=O) groups is 1. The number of carbonyl (C=O) groups excluding carboxylic acids is 1. The fraction of sp³-hybridized carbons (Fsp3) is 0.800. The second kappa shape index (κ2) is 4.58. The first-order valence-electron chi connectivity index (χ1n) is 2.59. The predicted octanol–water partition coefficient (Wildman–Crippen LogP) is -0.0138. The standard InChI is InChI=1S/C5H10ClNO2/c1-7-3-4(6)5(8)9-2/h4,7H,3H2,1-2H3. The number of methoxy groups -OCH3 is 1. The molecule has 0 aromatic carbocycles. The molecule has 0 aromatic heterocycles. The van der Waals surface area contributed by atoms with Crippen LogP contribution in [0.2, 0.25) is 0 Å². The lowest BCUT2D eigenvalue weighted by Gasteiger charge is -2.04. The molecule has 4 heteroatoms. The van der Waals surface area contributed by atoms with Gasteiger partial charge < -0.3 is 10.1 Å². The van der Waals surface area contributed by atoms with Gasteiger partial charge in [0.15, 0.2) is 0 Å². The summed E-state index contributed by atoms with van der Waals surface area (Å²) < 4.78 is 4.35. The fourth-order valence-electron chi connectivity index (χ4n) is 0.390. The highest BCUT2D eigenvalue weighted by Crippen LogP contribution is 1.94. The maximum absolute atomic E-state index is 10.5. The van der Waals surface area contributed by atoms with E-state index in [2.05, 4.69) is 10.1 Å². The molecule has 3 nitrogen and oxygen atoms in total. The van der Waals surface area contributed by atoms with Crippen LogP contribution in [-0.2, 0) is 9.53 Å². The summed E-state index contributed by atoms with van der Waals surface area (Å²) in [6.45, 7) is 0.439. The molecule has 1 unspecified atom stereocenters. The molecule has 0 fully saturated rings. The molecular weight excluding hydrogens is 142 g/mol. The van der Waals surface area contributed by atoms with Gasteiger partial charge in [-0.15, -0.1) is 11.6 Å². The van der Waals surface area contributed by atoms with Gasteiger partial charge in [-0.1, -0.05) is 0 Å². The van der Waals surface area contributed by atoms with Gasteiger partial charge in [-0.25, -0.2) is 0 Å². The number of esters is 1. The molecule has 0 saturated heterocycles. The zero-order valence-electron chi connectivity index (χ0n) is 5.48. The van der Waals surface area contributed by atoms with Gasteiger partial charge in [0, 0.05) is 6.54 Å². The van der Waals surface area contributed by atoms with Crippen LogP contribution in [0, 0.1) is 0 Å². The third-order valence-corrected chi connectivity index (χ3v) is 1.17. The minimum Gasteiger partial charge on any atom is -0.468 e. The maximum atomic E-state index is 10.5. The Morgan fingerprint density at radius 1 is 1.89 bits per heavy atom. The van der Waals surface area contributed by atoms with Crippen molar-refractivity contribution in [3.8, 4) is 0 Å². The van der Waals surface area contributed by atoms with Crippen LogP contribution in [0.3, 0.4) is 0 Å². The van der Waals surface area contributed by atoms with Crippen molar-refractivity contribution in [1.29, 1.82) is 0 Å². The van der Waals surface area contributed by atoms with Crippen LogP contribution in [-0.4, -0.2) is 32.0 Å². The van der Waals surface area contributed by atoms with Crippen molar-refractivity contribution >= 4 is 17.6 Å². The molecule has 0 bridgehead atoms. The Balaban J connectivity index is 3.45. The van der Waals surface area contributed by atoms with Gasteiger partial charge in [-0.3, -0.25) is 4.79 Å². The summed E-state index contributed by atoms with van der Waals surface area (Å²) in [4.78, 5) is 10.5. The van der Waals surface area contributed by atoms with Gasteiger partial charge in [0.25, 0.3) is 0 Å². The van der Waals surface area contributed by atoms with Gasteiger partial charge in [0.2, 0.25) is 0 Å². The number of alkyl halides is 1. The summed E-state index contributed by atoms with van der Waals surface area (Å²) in [5.74, 6) is -0.397. The van der Waals surface area contributed by atoms with E-state index >= 15 is 0 Å². The number of rotatable bonds is 3. The van der Waals surface area contributed by atoms with Crippen LogP contribution in [0.25, 0.3) is 0 Å². The predicted molar refractivity (Wildman–Crippen MR) is 35.6 cm³/mol. The van der Waals surface area contributed by atoms with Gasteiger partial charge in [-0.2, -0.15) is 0 Å². The van der Waals surface area contributed by atoms with E-state index in [-0.39, 0.29) is 0 Å². The Hall–Kier alpha value is -0.280. The molecule has 0 rings (SSSR count). The lowest BCUT2D eigenvalue weighted by molar-refractivity contribution is -0.140. The quantitative estimate of drug-likeness (QED) is 0.456. The molecule has 0 aliphatic heterocycles. The average molecular weight is 152 g/mol. The second-order valence-electron chi connectivity index (χ2n) is 1.55. The minimum absolute atomic E-state index is 0.397. The lowest BCUT2D eigenvalue weighted by atomic mass is 10.4. The van der Waals surface area contributed by atoms with Gasteiger partial charge in [0.1, 0.15) is 5.38 Å². The summed E-state index contributed by atoms with van der Waals surface area (Å²) in [7, 11) is 3.03. The Kier molecular flexibility index (Phi) is 4.44. The van der Waals surface area contributed by atoms with Crippen molar-refractivity contribution in [2.24, 2.45) is 0 Å². The summed E-state index contributed by atoms with van der Waals surface area (Å²) >= 11 is 5.49. The Morgan fingerprint density at radius 2 is 2.44 bits per heavy atom. The Labute approximate surface area is 59.3 Å². The van der Waals surface area contributed by atoms with Crippen LogP contribution in [0.4, 0.5) is 0 Å². The van der Waals surface area contributed by atoms with Crippen LogP contribution >= 0.6 is 11.6 Å². The van der Waals surface area contributed by atoms with E-state index in [4.69, 9.17) is 11.6 Å². The number of ether oxygens (including phenoxy) is 1. The van der Waals surface area contributed by atoms with Crippen molar-refractivity contribution in [2.45, 2.75) is 5.38 Å². The monoisotopic (exact) mass is 151 g/mol. The maximum Gasteiger partial charge on any atom is 0.325 e. The van der Waals surface area contributed by atoms with E-state index < -0.39 is 11.3 Å². The van der Waals surface area contributed by atoms with Gasteiger partial charge in [-0.05, 0) is 7.05 Å². The smallest absolute Gasteiger partial charge is 0.325 e. The molecule has 0 amide bonds. The second-order valence-corrected chi connectivity index (χ2v) is 2.08. The molecule has 0 aliphatic carbocycles. The van der Waals surface area contributed by atoms with Gasteiger partial charge in [0.05, 0.1) is 7.11 Å². The fourth-order valence-corrected chi connectivity index (χ4v) is 0.634. The first-order valence-corrected chi connectivity index (χ1v) is 3.02. The van der Waals surface area contributed by atoms with Crippen molar-refractivity contribution in [3.63, 3.8) is 0 Å². The van der Waals surface area contributed by atoms with Gasteiger partial charge >= 0.3 is 5.97 Å². The number of hydrogen-bond acceptors (Lipinski definition) is 3. The number of halogens is 1. The van der Waals surface area contributed by atoms with Crippen molar-refractivity contribution < 1.29 is 9.53 Å². The largest absolute Gasteiger partial charge is 0.468 e. The average Bonchev–Trinajstić information content (AvgIpc) is 1.87. The molecule has 0 aromatic rings. The highest BCUT2D eigenvalue weighted by Gasteiger charge is 2.12. The van der Waals surface area contributed by atoms with E-state index in [1.54, 1.807) is 7.05 Å².